The molecular formula is C21H23N3O3. The molecule has 1 aliphatic heterocycles. The topological polar surface area (TPSA) is 78.5 Å². The number of carbonyl (C=O) groups is 3. The molecule has 1 heterocycles. The number of hydrogen-bond acceptors (Lipinski definition) is 3. The molecule has 1 unspecified atom stereocenters. The second-order valence-electron chi connectivity index (χ2n) is 6.76. The highest BCUT2D eigenvalue weighted by Gasteiger charge is 2.39. The quantitative estimate of drug-likeness (QED) is 0.795. The van der Waals surface area contributed by atoms with E-state index in [1.165, 1.54) is 0 Å². The van der Waals surface area contributed by atoms with Gasteiger partial charge in [-0.2, -0.15) is 0 Å². The number of para-hydroxylation sites is 1. The maximum atomic E-state index is 12.7. The fourth-order valence-electron chi connectivity index (χ4n) is 3.26. The van der Waals surface area contributed by atoms with Crippen molar-refractivity contribution in [2.45, 2.75) is 32.4 Å². The number of rotatable bonds is 5. The summed E-state index contributed by atoms with van der Waals surface area (Å²) in [6.45, 7) is 4.17. The lowest BCUT2D eigenvalue weighted by atomic mass is 10.1. The van der Waals surface area contributed by atoms with E-state index in [2.05, 4.69) is 10.6 Å². The third kappa shape index (κ3) is 4.00. The first kappa shape index (κ1) is 18.6. The Hall–Kier alpha value is -3.15. The van der Waals surface area contributed by atoms with E-state index < -0.39 is 17.9 Å². The lowest BCUT2D eigenvalue weighted by molar-refractivity contribution is -0.140. The van der Waals surface area contributed by atoms with Gasteiger partial charge in [0.05, 0.1) is 0 Å². The molecule has 6 nitrogen and oxygen atoms in total. The van der Waals surface area contributed by atoms with Crippen molar-refractivity contribution in [2.75, 3.05) is 11.4 Å². The summed E-state index contributed by atoms with van der Waals surface area (Å²) in [4.78, 5) is 38.8. The van der Waals surface area contributed by atoms with Crippen LogP contribution >= 0.6 is 0 Å². The maximum Gasteiger partial charge on any atom is 0.310 e. The van der Waals surface area contributed by atoms with Crippen LogP contribution in [0.5, 0.6) is 0 Å². The zero-order chi connectivity index (χ0) is 19.4. The van der Waals surface area contributed by atoms with Crippen LogP contribution in [0.4, 0.5) is 5.69 Å². The summed E-state index contributed by atoms with van der Waals surface area (Å²) in [6, 6.07) is 16.1. The molecule has 3 rings (SSSR count). The monoisotopic (exact) mass is 365 g/mol. The van der Waals surface area contributed by atoms with E-state index in [0.717, 1.165) is 11.3 Å². The molecule has 2 aromatic rings. The molecule has 0 saturated carbocycles. The van der Waals surface area contributed by atoms with Gasteiger partial charge in [-0.25, -0.2) is 0 Å². The van der Waals surface area contributed by atoms with Gasteiger partial charge in [-0.1, -0.05) is 48.5 Å². The van der Waals surface area contributed by atoms with Crippen molar-refractivity contribution < 1.29 is 14.4 Å². The van der Waals surface area contributed by atoms with E-state index in [0.29, 0.717) is 18.5 Å². The summed E-state index contributed by atoms with van der Waals surface area (Å²) in [5.41, 5.74) is 2.56. The summed E-state index contributed by atoms with van der Waals surface area (Å²) in [7, 11) is 0. The molecule has 1 atom stereocenters. The van der Waals surface area contributed by atoms with Gasteiger partial charge in [0.1, 0.15) is 6.04 Å². The summed E-state index contributed by atoms with van der Waals surface area (Å²) in [6.07, 6.45) is 0.631. The van der Waals surface area contributed by atoms with Crippen molar-refractivity contribution in [2.24, 2.45) is 0 Å². The van der Waals surface area contributed by atoms with E-state index in [1.54, 1.807) is 11.0 Å². The van der Waals surface area contributed by atoms with Crippen molar-refractivity contribution in [1.82, 2.24) is 10.6 Å². The van der Waals surface area contributed by atoms with E-state index >= 15 is 0 Å². The van der Waals surface area contributed by atoms with Gasteiger partial charge in [0.25, 0.3) is 5.91 Å². The molecular weight excluding hydrogens is 342 g/mol. The number of nitrogens with one attached hydrogen (secondary N) is 2. The summed E-state index contributed by atoms with van der Waals surface area (Å²) >= 11 is 0. The van der Waals surface area contributed by atoms with Crippen molar-refractivity contribution in [3.63, 3.8) is 0 Å². The predicted molar refractivity (Wildman–Crippen MR) is 103 cm³/mol. The molecule has 0 fully saturated rings. The van der Waals surface area contributed by atoms with Gasteiger partial charge < -0.3 is 15.5 Å². The van der Waals surface area contributed by atoms with Crippen molar-refractivity contribution in [3.8, 4) is 0 Å². The minimum absolute atomic E-state index is 0.0414. The maximum absolute atomic E-state index is 12.7. The Morgan fingerprint density at radius 2 is 1.67 bits per heavy atom. The summed E-state index contributed by atoms with van der Waals surface area (Å²) in [5.74, 6) is -1.77. The van der Waals surface area contributed by atoms with E-state index in [4.69, 9.17) is 0 Å². The Kier molecular flexibility index (Phi) is 5.54. The highest BCUT2D eigenvalue weighted by molar-refractivity contribution is 6.35. The molecule has 2 N–H and O–H groups in total. The lowest BCUT2D eigenvalue weighted by Crippen LogP contribution is -2.45. The number of hydrogen-bond donors (Lipinski definition) is 2. The third-order valence-corrected chi connectivity index (χ3v) is 4.53. The Balaban J connectivity index is 1.61. The van der Waals surface area contributed by atoms with Crippen LogP contribution in [0, 0.1) is 0 Å². The predicted octanol–water partition coefficient (Wildman–Crippen LogP) is 1.96. The van der Waals surface area contributed by atoms with E-state index in [1.807, 2.05) is 62.4 Å². The number of fused-ring (bicyclic) bond motifs is 1. The standard InChI is InChI=1S/C21H23N3O3/c1-14(2)24-17-11-7-6-10-16(17)18(21(24)27)23-20(26)19(25)22-13-12-15-8-4-3-5-9-15/h3-11,14,18H,12-13H2,1-2H3,(H,22,25)(H,23,26). The van der Waals surface area contributed by atoms with Gasteiger partial charge in [-0.05, 0) is 31.9 Å². The number of amides is 3. The average Bonchev–Trinajstić information content (AvgIpc) is 2.94. The smallest absolute Gasteiger partial charge is 0.310 e. The first-order valence-electron chi connectivity index (χ1n) is 9.03. The van der Waals surface area contributed by atoms with Crippen LogP contribution in [-0.4, -0.2) is 30.3 Å². The Morgan fingerprint density at radius 1 is 1.00 bits per heavy atom. The van der Waals surface area contributed by atoms with Crippen LogP contribution < -0.4 is 15.5 Å². The summed E-state index contributed by atoms with van der Waals surface area (Å²) < 4.78 is 0. The van der Waals surface area contributed by atoms with Gasteiger partial charge in [-0.3, -0.25) is 14.4 Å². The first-order valence-corrected chi connectivity index (χ1v) is 9.03. The molecule has 0 aromatic heterocycles. The number of carbonyl (C=O) groups excluding carboxylic acids is 3. The Morgan fingerprint density at radius 3 is 2.37 bits per heavy atom. The highest BCUT2D eigenvalue weighted by Crippen LogP contribution is 2.36. The van der Waals surface area contributed by atoms with Crippen LogP contribution in [0.1, 0.15) is 31.0 Å². The first-order chi connectivity index (χ1) is 13.0. The molecule has 0 bridgehead atoms. The zero-order valence-electron chi connectivity index (χ0n) is 15.4. The molecule has 1 aliphatic rings. The van der Waals surface area contributed by atoms with E-state index in [9.17, 15) is 14.4 Å². The largest absolute Gasteiger partial charge is 0.348 e. The SMILES string of the molecule is CC(C)N1C(=O)C(NC(=O)C(=O)NCCc2ccccc2)c2ccccc21. The van der Waals surface area contributed by atoms with Crippen LogP contribution in [0.15, 0.2) is 54.6 Å². The minimum Gasteiger partial charge on any atom is -0.348 e. The van der Waals surface area contributed by atoms with Crippen LogP contribution in [0.25, 0.3) is 0 Å². The molecule has 0 spiro atoms. The fourth-order valence-corrected chi connectivity index (χ4v) is 3.26. The molecule has 6 heteroatoms. The number of anilines is 1. The van der Waals surface area contributed by atoms with Crippen molar-refractivity contribution >= 4 is 23.4 Å². The van der Waals surface area contributed by atoms with Gasteiger partial charge in [0, 0.05) is 23.8 Å². The minimum atomic E-state index is -0.837. The molecule has 27 heavy (non-hydrogen) atoms. The Bertz CT molecular complexity index is 849. The Labute approximate surface area is 158 Å². The molecule has 0 radical (unpaired) electrons. The number of nitrogens with zero attached hydrogens (tertiary/aromatic N) is 1. The summed E-state index contributed by atoms with van der Waals surface area (Å²) in [5, 5.41) is 5.18. The van der Waals surface area contributed by atoms with E-state index in [-0.39, 0.29) is 11.9 Å². The van der Waals surface area contributed by atoms with Gasteiger partial charge >= 0.3 is 11.8 Å². The zero-order valence-corrected chi connectivity index (χ0v) is 15.4. The second-order valence-corrected chi connectivity index (χ2v) is 6.76. The third-order valence-electron chi connectivity index (χ3n) is 4.53. The highest BCUT2D eigenvalue weighted by atomic mass is 16.2. The van der Waals surface area contributed by atoms with Crippen LogP contribution in [0.3, 0.4) is 0 Å². The lowest BCUT2D eigenvalue weighted by Gasteiger charge is -2.22. The van der Waals surface area contributed by atoms with Crippen LogP contribution in [0.2, 0.25) is 0 Å². The fraction of sp³-hybridized carbons (Fsp3) is 0.286. The molecule has 0 aliphatic carbocycles. The van der Waals surface area contributed by atoms with Crippen molar-refractivity contribution in [3.05, 3.63) is 65.7 Å². The van der Waals surface area contributed by atoms with Crippen molar-refractivity contribution in [1.29, 1.82) is 0 Å². The number of benzene rings is 2. The molecule has 2 aromatic carbocycles. The molecule has 140 valence electrons. The molecule has 0 saturated heterocycles. The second kappa shape index (κ2) is 8.03. The van der Waals surface area contributed by atoms with Gasteiger partial charge in [0.15, 0.2) is 0 Å². The molecule has 3 amide bonds. The average molecular weight is 365 g/mol. The van der Waals surface area contributed by atoms with Gasteiger partial charge in [0.2, 0.25) is 0 Å². The normalized spacial score (nSPS) is 15.6. The van der Waals surface area contributed by atoms with Gasteiger partial charge in [-0.15, -0.1) is 0 Å². The van der Waals surface area contributed by atoms with Crippen LogP contribution in [-0.2, 0) is 20.8 Å².